The van der Waals surface area contributed by atoms with Gasteiger partial charge in [0.05, 0.1) is 0 Å². The highest BCUT2D eigenvalue weighted by atomic mass is 19.1. The van der Waals surface area contributed by atoms with E-state index in [0.29, 0.717) is 11.5 Å². The molecule has 0 fully saturated rings. The molecule has 1 N–H and O–H groups in total. The van der Waals surface area contributed by atoms with Crippen molar-refractivity contribution in [2.75, 3.05) is 13.6 Å². The van der Waals surface area contributed by atoms with Crippen LogP contribution in [-0.2, 0) is 0 Å². The summed E-state index contributed by atoms with van der Waals surface area (Å²) in [6, 6.07) is 4.35. The topological polar surface area (TPSA) is 23.5 Å². The van der Waals surface area contributed by atoms with Gasteiger partial charge in [0.15, 0.2) is 0 Å². The summed E-state index contributed by atoms with van der Waals surface area (Å²) in [4.78, 5) is 2.11. The lowest BCUT2D eigenvalue weighted by atomic mass is 10.1. The van der Waals surface area contributed by atoms with Crippen LogP contribution in [0.2, 0.25) is 0 Å². The number of hydrogen-bond acceptors (Lipinski definition) is 2. The number of benzene rings is 1. The Labute approximate surface area is 96.7 Å². The van der Waals surface area contributed by atoms with Gasteiger partial charge >= 0.3 is 0 Å². The maximum atomic E-state index is 13.6. The molecule has 3 heteroatoms. The molecule has 1 aromatic carbocycles. The van der Waals surface area contributed by atoms with E-state index in [9.17, 15) is 4.39 Å². The fourth-order valence-electron chi connectivity index (χ4n) is 1.83. The van der Waals surface area contributed by atoms with E-state index >= 15 is 0 Å². The van der Waals surface area contributed by atoms with Crippen molar-refractivity contribution in [3.63, 3.8) is 0 Å². The lowest BCUT2D eigenvalue weighted by Gasteiger charge is -2.27. The zero-order valence-electron chi connectivity index (χ0n) is 10.4. The lowest BCUT2D eigenvalue weighted by Crippen LogP contribution is -2.27. The smallest absolute Gasteiger partial charge is 0.131 e. The van der Waals surface area contributed by atoms with Gasteiger partial charge in [-0.05, 0) is 26.0 Å². The first-order valence-corrected chi connectivity index (χ1v) is 5.60. The lowest BCUT2D eigenvalue weighted by molar-refractivity contribution is 0.229. The maximum absolute atomic E-state index is 13.6. The fourth-order valence-corrected chi connectivity index (χ4v) is 1.83. The number of aromatic hydroxyl groups is 1. The van der Waals surface area contributed by atoms with Gasteiger partial charge < -0.3 is 5.11 Å². The van der Waals surface area contributed by atoms with E-state index in [1.807, 2.05) is 14.0 Å². The van der Waals surface area contributed by atoms with E-state index in [-0.39, 0.29) is 17.6 Å². The third kappa shape index (κ3) is 3.20. The third-order valence-electron chi connectivity index (χ3n) is 2.75. The molecule has 1 rings (SSSR count). The Morgan fingerprint density at radius 3 is 2.44 bits per heavy atom. The Balaban J connectivity index is 2.83. The monoisotopic (exact) mass is 225 g/mol. The number of rotatable bonds is 4. The molecule has 0 heterocycles. The molecule has 0 aliphatic heterocycles. The normalized spacial score (nSPS) is 13.4. The largest absolute Gasteiger partial charge is 0.508 e. The van der Waals surface area contributed by atoms with Gasteiger partial charge in [0.2, 0.25) is 0 Å². The predicted molar refractivity (Wildman–Crippen MR) is 63.9 cm³/mol. The molecule has 1 aromatic rings. The molecule has 1 unspecified atom stereocenters. The fraction of sp³-hybridized carbons (Fsp3) is 0.538. The Morgan fingerprint density at radius 1 is 1.31 bits per heavy atom. The van der Waals surface area contributed by atoms with Gasteiger partial charge in [0.1, 0.15) is 11.6 Å². The number of phenolic OH excluding ortho intramolecular Hbond substituents is 1. The third-order valence-corrected chi connectivity index (χ3v) is 2.75. The van der Waals surface area contributed by atoms with Crippen LogP contribution >= 0.6 is 0 Å². The van der Waals surface area contributed by atoms with Crippen LogP contribution in [0.5, 0.6) is 5.75 Å². The van der Waals surface area contributed by atoms with Gasteiger partial charge in [0.25, 0.3) is 0 Å². The van der Waals surface area contributed by atoms with Crippen molar-refractivity contribution in [1.29, 1.82) is 0 Å². The van der Waals surface area contributed by atoms with E-state index in [4.69, 9.17) is 5.11 Å². The molecule has 0 saturated heterocycles. The van der Waals surface area contributed by atoms with E-state index in [2.05, 4.69) is 18.7 Å². The van der Waals surface area contributed by atoms with Crippen molar-refractivity contribution < 1.29 is 9.50 Å². The van der Waals surface area contributed by atoms with Crippen LogP contribution in [0.3, 0.4) is 0 Å². The molecule has 0 spiro atoms. The molecule has 0 radical (unpaired) electrons. The first-order chi connectivity index (χ1) is 7.41. The number of hydrogen-bond donors (Lipinski definition) is 1. The van der Waals surface area contributed by atoms with Gasteiger partial charge in [-0.25, -0.2) is 4.39 Å². The standard InChI is InChI=1S/C13H20FNO/c1-9(2)8-15(4)10(3)12-6-5-11(16)7-13(12)14/h5-7,9-10,16H,8H2,1-4H3. The number of nitrogens with zero attached hydrogens (tertiary/aromatic N) is 1. The highest BCUT2D eigenvalue weighted by Gasteiger charge is 2.16. The van der Waals surface area contributed by atoms with Crippen molar-refractivity contribution in [3.8, 4) is 5.75 Å². The van der Waals surface area contributed by atoms with E-state index in [1.54, 1.807) is 6.07 Å². The van der Waals surface area contributed by atoms with Crippen molar-refractivity contribution in [2.45, 2.75) is 26.8 Å². The van der Waals surface area contributed by atoms with Gasteiger partial charge in [-0.1, -0.05) is 19.9 Å². The van der Waals surface area contributed by atoms with Crippen LogP contribution in [0.25, 0.3) is 0 Å². The second kappa shape index (κ2) is 5.30. The summed E-state index contributed by atoms with van der Waals surface area (Å²) in [5.41, 5.74) is 0.626. The molecular formula is C13H20FNO. The van der Waals surface area contributed by atoms with Crippen molar-refractivity contribution >= 4 is 0 Å². The van der Waals surface area contributed by atoms with Crippen LogP contribution in [0.1, 0.15) is 32.4 Å². The van der Waals surface area contributed by atoms with Crippen LogP contribution in [0.15, 0.2) is 18.2 Å². The number of phenols is 1. The van der Waals surface area contributed by atoms with E-state index in [1.165, 1.54) is 6.07 Å². The molecule has 0 bridgehead atoms. The van der Waals surface area contributed by atoms with Gasteiger partial charge in [-0.15, -0.1) is 0 Å². The molecule has 0 aliphatic rings. The molecule has 1 atom stereocenters. The molecule has 0 aliphatic carbocycles. The molecule has 0 amide bonds. The minimum absolute atomic E-state index is 0.0167. The van der Waals surface area contributed by atoms with Crippen molar-refractivity contribution in [3.05, 3.63) is 29.6 Å². The second-order valence-corrected chi connectivity index (χ2v) is 4.72. The zero-order chi connectivity index (χ0) is 12.3. The van der Waals surface area contributed by atoms with Crippen LogP contribution in [0, 0.1) is 11.7 Å². The molecule has 2 nitrogen and oxygen atoms in total. The van der Waals surface area contributed by atoms with Crippen LogP contribution < -0.4 is 0 Å². The second-order valence-electron chi connectivity index (χ2n) is 4.72. The van der Waals surface area contributed by atoms with Gasteiger partial charge in [0, 0.05) is 24.2 Å². The summed E-state index contributed by atoms with van der Waals surface area (Å²) in [5, 5.41) is 9.15. The number of halogens is 1. The molecule has 0 aromatic heterocycles. The summed E-state index contributed by atoms with van der Waals surface area (Å²) >= 11 is 0. The van der Waals surface area contributed by atoms with Crippen LogP contribution in [0.4, 0.5) is 4.39 Å². The Bertz CT molecular complexity index is 352. The average Bonchev–Trinajstić information content (AvgIpc) is 2.15. The molecule has 90 valence electrons. The Morgan fingerprint density at radius 2 is 1.94 bits per heavy atom. The Hall–Kier alpha value is -1.09. The molecule has 16 heavy (non-hydrogen) atoms. The minimum atomic E-state index is -0.344. The first-order valence-electron chi connectivity index (χ1n) is 5.60. The average molecular weight is 225 g/mol. The van der Waals surface area contributed by atoms with Gasteiger partial charge in [-0.3, -0.25) is 4.90 Å². The van der Waals surface area contributed by atoms with Gasteiger partial charge in [-0.2, -0.15) is 0 Å². The van der Waals surface area contributed by atoms with Crippen molar-refractivity contribution in [1.82, 2.24) is 4.90 Å². The summed E-state index contributed by atoms with van der Waals surface area (Å²) in [6.07, 6.45) is 0. The molecular weight excluding hydrogens is 205 g/mol. The highest BCUT2D eigenvalue weighted by Crippen LogP contribution is 2.25. The maximum Gasteiger partial charge on any atom is 0.131 e. The SMILES string of the molecule is CC(C)CN(C)C(C)c1ccc(O)cc1F. The predicted octanol–water partition coefficient (Wildman–Crippen LogP) is 3.18. The summed E-state index contributed by atoms with van der Waals surface area (Å²) in [6.45, 7) is 7.16. The molecule has 0 saturated carbocycles. The summed E-state index contributed by atoms with van der Waals surface area (Å²) in [5.74, 6) is 0.177. The quantitative estimate of drug-likeness (QED) is 0.850. The Kier molecular flexibility index (Phi) is 4.30. The summed E-state index contributed by atoms with van der Waals surface area (Å²) < 4.78 is 13.6. The van der Waals surface area contributed by atoms with E-state index in [0.717, 1.165) is 12.6 Å². The van der Waals surface area contributed by atoms with E-state index < -0.39 is 0 Å². The minimum Gasteiger partial charge on any atom is -0.508 e. The van der Waals surface area contributed by atoms with Crippen LogP contribution in [-0.4, -0.2) is 23.6 Å². The first kappa shape index (κ1) is 13.0. The zero-order valence-corrected chi connectivity index (χ0v) is 10.4. The highest BCUT2D eigenvalue weighted by molar-refractivity contribution is 5.29. The van der Waals surface area contributed by atoms with Crippen molar-refractivity contribution in [2.24, 2.45) is 5.92 Å². The summed E-state index contributed by atoms with van der Waals surface area (Å²) in [7, 11) is 1.98.